The van der Waals surface area contributed by atoms with Gasteiger partial charge in [0.25, 0.3) is 0 Å². The van der Waals surface area contributed by atoms with Crippen LogP contribution in [0.4, 0.5) is 19.0 Å². The summed E-state index contributed by atoms with van der Waals surface area (Å²) in [6.07, 6.45) is -4.54. The van der Waals surface area contributed by atoms with Gasteiger partial charge >= 0.3 is 6.18 Å². The second kappa shape index (κ2) is 5.98. The SMILES string of the molecule is N#CCN1CCN(c2nc(C(F)(F)F)ccc2C#N)CC1. The third-order valence-electron chi connectivity index (χ3n) is 3.25. The summed E-state index contributed by atoms with van der Waals surface area (Å²) in [5.41, 5.74) is -0.882. The largest absolute Gasteiger partial charge is 0.433 e. The van der Waals surface area contributed by atoms with Crippen molar-refractivity contribution < 1.29 is 13.2 Å². The third-order valence-corrected chi connectivity index (χ3v) is 3.25. The van der Waals surface area contributed by atoms with Crippen molar-refractivity contribution in [3.05, 3.63) is 23.4 Å². The number of hydrogen-bond acceptors (Lipinski definition) is 5. The molecule has 0 radical (unpaired) electrons. The third kappa shape index (κ3) is 3.41. The molecule has 1 aromatic rings. The lowest BCUT2D eigenvalue weighted by molar-refractivity contribution is -0.141. The smallest absolute Gasteiger partial charge is 0.353 e. The molecule has 0 N–H and O–H groups in total. The summed E-state index contributed by atoms with van der Waals surface area (Å²) in [7, 11) is 0. The fourth-order valence-corrected chi connectivity index (χ4v) is 2.15. The molecule has 0 spiro atoms. The van der Waals surface area contributed by atoms with Gasteiger partial charge in [0.15, 0.2) is 0 Å². The number of nitriles is 2. The summed E-state index contributed by atoms with van der Waals surface area (Å²) in [5, 5.41) is 17.7. The van der Waals surface area contributed by atoms with Crippen LogP contribution in [0.3, 0.4) is 0 Å². The first-order valence-corrected chi connectivity index (χ1v) is 6.28. The molecule has 5 nitrogen and oxygen atoms in total. The zero-order chi connectivity index (χ0) is 15.5. The van der Waals surface area contributed by atoms with Gasteiger partial charge in [-0.1, -0.05) is 0 Å². The Morgan fingerprint density at radius 1 is 1.14 bits per heavy atom. The number of halogens is 3. The van der Waals surface area contributed by atoms with E-state index in [-0.39, 0.29) is 17.9 Å². The highest BCUT2D eigenvalue weighted by Gasteiger charge is 2.34. The Morgan fingerprint density at radius 3 is 2.33 bits per heavy atom. The van der Waals surface area contributed by atoms with Gasteiger partial charge in [-0.3, -0.25) is 4.90 Å². The average Bonchev–Trinajstić information content (AvgIpc) is 2.47. The minimum Gasteiger partial charge on any atom is -0.353 e. The van der Waals surface area contributed by atoms with Crippen molar-refractivity contribution in [1.82, 2.24) is 9.88 Å². The van der Waals surface area contributed by atoms with Gasteiger partial charge in [-0.25, -0.2) is 4.98 Å². The Hall–Kier alpha value is -2.32. The van der Waals surface area contributed by atoms with E-state index in [4.69, 9.17) is 10.5 Å². The van der Waals surface area contributed by atoms with Crippen LogP contribution in [0.5, 0.6) is 0 Å². The van der Waals surface area contributed by atoms with E-state index >= 15 is 0 Å². The van der Waals surface area contributed by atoms with Crippen molar-refractivity contribution in [2.24, 2.45) is 0 Å². The van der Waals surface area contributed by atoms with Crippen LogP contribution in [-0.4, -0.2) is 42.6 Å². The van der Waals surface area contributed by atoms with Gasteiger partial charge in [0.05, 0.1) is 18.2 Å². The van der Waals surface area contributed by atoms with Gasteiger partial charge in [0.2, 0.25) is 0 Å². The topological polar surface area (TPSA) is 67.0 Å². The molecule has 1 aromatic heterocycles. The van der Waals surface area contributed by atoms with E-state index in [1.54, 1.807) is 4.90 Å². The Bertz CT molecular complexity index is 591. The first-order chi connectivity index (χ1) is 9.95. The fraction of sp³-hybridized carbons (Fsp3) is 0.462. The molecule has 2 rings (SSSR count). The Labute approximate surface area is 119 Å². The van der Waals surface area contributed by atoms with Crippen LogP contribution in [0.25, 0.3) is 0 Å². The summed E-state index contributed by atoms with van der Waals surface area (Å²) in [6.45, 7) is 2.26. The second-order valence-electron chi connectivity index (χ2n) is 4.60. The van der Waals surface area contributed by atoms with E-state index < -0.39 is 11.9 Å². The molecule has 0 saturated carbocycles. The van der Waals surface area contributed by atoms with Crippen LogP contribution in [0.2, 0.25) is 0 Å². The zero-order valence-electron chi connectivity index (χ0n) is 11.1. The molecule has 0 atom stereocenters. The normalized spacial score (nSPS) is 16.3. The minimum absolute atomic E-state index is 0.0592. The molecule has 1 saturated heterocycles. The molecule has 0 aliphatic carbocycles. The van der Waals surface area contributed by atoms with E-state index in [0.717, 1.165) is 12.1 Å². The Balaban J connectivity index is 2.23. The summed E-state index contributed by atoms with van der Waals surface area (Å²) in [5.74, 6) is 0.0592. The van der Waals surface area contributed by atoms with Crippen molar-refractivity contribution in [1.29, 1.82) is 10.5 Å². The fourth-order valence-electron chi connectivity index (χ4n) is 2.15. The van der Waals surface area contributed by atoms with Crippen LogP contribution in [-0.2, 0) is 6.18 Å². The molecule has 8 heteroatoms. The van der Waals surface area contributed by atoms with E-state index in [9.17, 15) is 13.2 Å². The van der Waals surface area contributed by atoms with Crippen LogP contribution in [0, 0.1) is 22.7 Å². The Morgan fingerprint density at radius 2 is 1.81 bits per heavy atom. The highest BCUT2D eigenvalue weighted by Crippen LogP contribution is 2.30. The lowest BCUT2D eigenvalue weighted by atomic mass is 10.2. The van der Waals surface area contributed by atoms with Crippen LogP contribution >= 0.6 is 0 Å². The number of piperazine rings is 1. The number of rotatable bonds is 2. The summed E-state index contributed by atoms with van der Waals surface area (Å²) in [4.78, 5) is 7.16. The first-order valence-electron chi connectivity index (χ1n) is 6.28. The molecule has 1 fully saturated rings. The number of aromatic nitrogens is 1. The van der Waals surface area contributed by atoms with Crippen molar-refractivity contribution >= 4 is 5.82 Å². The van der Waals surface area contributed by atoms with Gasteiger partial charge in [-0.2, -0.15) is 23.7 Å². The number of nitrogens with zero attached hydrogens (tertiary/aromatic N) is 5. The first kappa shape index (κ1) is 15.1. The van der Waals surface area contributed by atoms with Gasteiger partial charge in [0, 0.05) is 26.2 Å². The molecule has 0 unspecified atom stereocenters. The molecular weight excluding hydrogens is 283 g/mol. The van der Waals surface area contributed by atoms with Gasteiger partial charge in [-0.05, 0) is 12.1 Å². The second-order valence-corrected chi connectivity index (χ2v) is 4.60. The average molecular weight is 295 g/mol. The van der Waals surface area contributed by atoms with Gasteiger partial charge < -0.3 is 4.90 Å². The van der Waals surface area contributed by atoms with E-state index in [2.05, 4.69) is 4.98 Å². The maximum Gasteiger partial charge on any atom is 0.433 e. The monoisotopic (exact) mass is 295 g/mol. The molecule has 0 aromatic carbocycles. The summed E-state index contributed by atoms with van der Waals surface area (Å²) < 4.78 is 38.2. The molecule has 1 aliphatic rings. The highest BCUT2D eigenvalue weighted by atomic mass is 19.4. The molecule has 0 amide bonds. The molecule has 21 heavy (non-hydrogen) atoms. The predicted molar refractivity (Wildman–Crippen MR) is 68.2 cm³/mol. The van der Waals surface area contributed by atoms with Crippen LogP contribution in [0.15, 0.2) is 12.1 Å². The van der Waals surface area contributed by atoms with Gasteiger partial charge in [-0.15, -0.1) is 0 Å². The summed E-state index contributed by atoms with van der Waals surface area (Å²) in [6, 6.07) is 5.86. The quantitative estimate of drug-likeness (QED) is 0.776. The van der Waals surface area contributed by atoms with Crippen molar-refractivity contribution in [2.75, 3.05) is 37.6 Å². The van der Waals surface area contributed by atoms with E-state index in [0.29, 0.717) is 26.2 Å². The lowest BCUT2D eigenvalue weighted by Crippen LogP contribution is -2.47. The molecular formula is C13H12F3N5. The molecule has 0 bridgehead atoms. The minimum atomic E-state index is -4.54. The molecule has 1 aliphatic heterocycles. The maximum atomic E-state index is 12.7. The van der Waals surface area contributed by atoms with E-state index in [1.165, 1.54) is 0 Å². The lowest BCUT2D eigenvalue weighted by Gasteiger charge is -2.34. The number of anilines is 1. The van der Waals surface area contributed by atoms with Crippen molar-refractivity contribution in [2.45, 2.75) is 6.18 Å². The van der Waals surface area contributed by atoms with Crippen molar-refractivity contribution in [3.63, 3.8) is 0 Å². The van der Waals surface area contributed by atoms with E-state index in [1.807, 2.05) is 17.0 Å². The predicted octanol–water partition coefficient (Wildman–Crippen LogP) is 1.62. The zero-order valence-corrected chi connectivity index (χ0v) is 11.1. The summed E-state index contributed by atoms with van der Waals surface area (Å²) >= 11 is 0. The number of pyridine rings is 1. The molecule has 110 valence electrons. The molecule has 2 heterocycles. The highest BCUT2D eigenvalue weighted by molar-refractivity contribution is 5.55. The maximum absolute atomic E-state index is 12.7. The van der Waals surface area contributed by atoms with Crippen molar-refractivity contribution in [3.8, 4) is 12.1 Å². The standard InChI is InChI=1S/C13H12F3N5/c14-13(15,16)11-2-1-10(9-18)12(19-11)21-7-5-20(4-3-17)6-8-21/h1-2H,4-8H2. The number of hydrogen-bond donors (Lipinski definition) is 0. The van der Waals surface area contributed by atoms with Crippen LogP contribution in [0.1, 0.15) is 11.3 Å². The number of alkyl halides is 3. The van der Waals surface area contributed by atoms with Gasteiger partial charge in [0.1, 0.15) is 17.6 Å². The van der Waals surface area contributed by atoms with Crippen LogP contribution < -0.4 is 4.90 Å². The Kier molecular flexibility index (Phi) is 4.29.